The molecule has 3 aromatic carbocycles. The summed E-state index contributed by atoms with van der Waals surface area (Å²) in [6, 6.07) is 18.9. The number of halogens is 3. The number of unbranched alkanes of at least 4 members (excludes halogenated alkanes) is 1. The number of benzene rings is 3. The van der Waals surface area contributed by atoms with Gasteiger partial charge < -0.3 is 13.3 Å². The van der Waals surface area contributed by atoms with Crippen LogP contribution in [0.25, 0.3) is 12.2 Å². The molecule has 0 spiro atoms. The van der Waals surface area contributed by atoms with E-state index >= 15 is 0 Å². The first-order chi connectivity index (χ1) is 21.5. The molecule has 0 atom stereocenters. The predicted octanol–water partition coefficient (Wildman–Crippen LogP) is 7.13. The lowest BCUT2D eigenvalue weighted by Crippen LogP contribution is -2.09. The van der Waals surface area contributed by atoms with Crippen LogP contribution in [0.1, 0.15) is 46.7 Å². The number of nitrogens with zero attached hydrogens (tertiary/aromatic N) is 4. The van der Waals surface area contributed by atoms with Gasteiger partial charge in [-0.25, -0.2) is 9.67 Å². The van der Waals surface area contributed by atoms with Gasteiger partial charge in [-0.15, -0.1) is 0 Å². The van der Waals surface area contributed by atoms with Gasteiger partial charge in [0.15, 0.2) is 0 Å². The number of aromatic nitrogens is 4. The van der Waals surface area contributed by atoms with E-state index in [1.165, 1.54) is 36.7 Å². The molecule has 0 bridgehead atoms. The normalized spacial score (nSPS) is 12.1. The summed E-state index contributed by atoms with van der Waals surface area (Å²) in [4.78, 5) is 4.37. The molecule has 2 heterocycles. The highest BCUT2D eigenvalue weighted by molar-refractivity contribution is 7.87. The van der Waals surface area contributed by atoms with Crippen LogP contribution in [0.4, 0.5) is 13.2 Å². The third-order valence-corrected chi connectivity index (χ3v) is 7.90. The van der Waals surface area contributed by atoms with Gasteiger partial charge in [0, 0.05) is 12.6 Å². The lowest BCUT2D eigenvalue weighted by atomic mass is 10.1. The van der Waals surface area contributed by atoms with E-state index in [-0.39, 0.29) is 17.4 Å². The van der Waals surface area contributed by atoms with Crippen LogP contribution in [0, 0.1) is 6.92 Å². The SMILES string of the molecule is Cc1ccc(S(=O)(=O)Oc2cn(CCCCc3ccc(OCc4coc(C=Cc5ccc(C(F)(F)F)cc5)n4)cc3)nn2)cc1. The summed E-state index contributed by atoms with van der Waals surface area (Å²) in [5.74, 6) is 0.896. The lowest BCUT2D eigenvalue weighted by Gasteiger charge is -2.06. The van der Waals surface area contributed by atoms with Gasteiger partial charge in [0.2, 0.25) is 5.89 Å². The summed E-state index contributed by atoms with van der Waals surface area (Å²) in [6.07, 6.45) is 4.26. The third-order valence-electron chi connectivity index (χ3n) is 6.66. The van der Waals surface area contributed by atoms with Crippen molar-refractivity contribution in [2.45, 2.75) is 50.4 Å². The molecule has 0 radical (unpaired) electrons. The topological polar surface area (TPSA) is 109 Å². The smallest absolute Gasteiger partial charge is 0.416 e. The van der Waals surface area contributed by atoms with Crippen molar-refractivity contribution in [1.29, 1.82) is 0 Å². The lowest BCUT2D eigenvalue weighted by molar-refractivity contribution is -0.137. The van der Waals surface area contributed by atoms with Gasteiger partial charge >= 0.3 is 16.3 Å². The number of alkyl halides is 3. The fourth-order valence-corrected chi connectivity index (χ4v) is 5.09. The van der Waals surface area contributed by atoms with Crippen molar-refractivity contribution in [3.05, 3.63) is 119 Å². The van der Waals surface area contributed by atoms with Crippen LogP contribution in [0.2, 0.25) is 0 Å². The van der Waals surface area contributed by atoms with Gasteiger partial charge in [-0.2, -0.15) is 21.6 Å². The van der Waals surface area contributed by atoms with Gasteiger partial charge in [0.1, 0.15) is 29.2 Å². The number of ether oxygens (including phenoxy) is 1. The van der Waals surface area contributed by atoms with Gasteiger partial charge in [-0.3, -0.25) is 0 Å². The molecule has 45 heavy (non-hydrogen) atoms. The second-order valence-corrected chi connectivity index (χ2v) is 11.7. The van der Waals surface area contributed by atoms with Crippen molar-refractivity contribution < 1.29 is 34.9 Å². The average Bonchev–Trinajstić information content (AvgIpc) is 3.67. The van der Waals surface area contributed by atoms with Crippen LogP contribution < -0.4 is 8.92 Å². The Bertz CT molecular complexity index is 1830. The third kappa shape index (κ3) is 9.05. The maximum atomic E-state index is 12.7. The summed E-state index contributed by atoms with van der Waals surface area (Å²) in [5, 5.41) is 7.77. The zero-order chi connectivity index (χ0) is 31.9. The minimum atomic E-state index is -4.37. The number of rotatable bonds is 13. The first-order valence-electron chi connectivity index (χ1n) is 14.0. The fraction of sp³-hybridized carbons (Fsp3) is 0.219. The maximum absolute atomic E-state index is 12.7. The predicted molar refractivity (Wildman–Crippen MR) is 160 cm³/mol. The highest BCUT2D eigenvalue weighted by Crippen LogP contribution is 2.29. The minimum absolute atomic E-state index is 0.0522. The molecule has 234 valence electrons. The average molecular weight is 639 g/mol. The Morgan fingerprint density at radius 1 is 0.933 bits per heavy atom. The molecule has 5 rings (SSSR count). The Balaban J connectivity index is 1.02. The maximum Gasteiger partial charge on any atom is 0.416 e. The van der Waals surface area contributed by atoms with Crippen molar-refractivity contribution >= 4 is 22.3 Å². The molecular formula is C32H29F3N4O5S. The molecular weight excluding hydrogens is 609 g/mol. The Morgan fingerprint density at radius 2 is 1.67 bits per heavy atom. The van der Waals surface area contributed by atoms with Crippen molar-refractivity contribution in [2.24, 2.45) is 0 Å². The molecule has 0 N–H and O–H groups in total. The summed E-state index contributed by atoms with van der Waals surface area (Å²) in [7, 11) is -3.98. The van der Waals surface area contributed by atoms with Crippen molar-refractivity contribution in [2.75, 3.05) is 0 Å². The largest absolute Gasteiger partial charge is 0.487 e. The molecule has 0 aliphatic heterocycles. The van der Waals surface area contributed by atoms with Crippen molar-refractivity contribution in [3.8, 4) is 11.6 Å². The van der Waals surface area contributed by atoms with E-state index < -0.39 is 21.9 Å². The minimum Gasteiger partial charge on any atom is -0.487 e. The van der Waals surface area contributed by atoms with Gasteiger partial charge in [-0.05, 0) is 79.8 Å². The Morgan fingerprint density at radius 3 is 2.38 bits per heavy atom. The number of hydrogen-bond acceptors (Lipinski definition) is 8. The zero-order valence-corrected chi connectivity index (χ0v) is 25.0. The standard InChI is InChI=1S/C32H29F3N4O5S/c1-23-5-16-29(17-6-23)45(40,41)44-31-20-39(38-37-31)19-3-2-4-24-9-14-28(15-10-24)42-21-27-22-43-30(36-27)18-11-25-7-12-26(13-8-25)32(33,34)35/h5-18,20,22H,2-4,19,21H2,1H3. The fourth-order valence-electron chi connectivity index (χ4n) is 4.22. The Labute approximate surface area is 258 Å². The van der Waals surface area contributed by atoms with Gasteiger partial charge in [0.05, 0.1) is 11.8 Å². The molecule has 0 saturated heterocycles. The Kier molecular flexibility index (Phi) is 9.67. The van der Waals surface area contributed by atoms with E-state index in [2.05, 4.69) is 15.3 Å². The molecule has 0 fully saturated rings. The van der Waals surface area contributed by atoms with Crippen LogP contribution in [-0.4, -0.2) is 28.4 Å². The summed E-state index contributed by atoms with van der Waals surface area (Å²) >= 11 is 0. The molecule has 0 aliphatic carbocycles. The van der Waals surface area contributed by atoms with Gasteiger partial charge in [0.25, 0.3) is 5.88 Å². The number of oxazole rings is 1. The molecule has 13 heteroatoms. The summed E-state index contributed by atoms with van der Waals surface area (Å²) in [6.45, 7) is 2.61. The molecule has 0 saturated carbocycles. The van der Waals surface area contributed by atoms with E-state index in [0.29, 0.717) is 29.4 Å². The quantitative estimate of drug-likeness (QED) is 0.0990. The van der Waals surface area contributed by atoms with Crippen LogP contribution in [0.15, 0.2) is 94.6 Å². The van der Waals surface area contributed by atoms with Gasteiger partial charge in [-0.1, -0.05) is 52.3 Å². The summed E-state index contributed by atoms with van der Waals surface area (Å²) < 4.78 is 80.9. The molecule has 9 nitrogen and oxygen atoms in total. The Hall–Kier alpha value is -4.91. The van der Waals surface area contributed by atoms with Crippen LogP contribution in [0.3, 0.4) is 0 Å². The molecule has 5 aromatic rings. The van der Waals surface area contributed by atoms with Crippen LogP contribution in [-0.2, 0) is 35.9 Å². The number of hydrogen-bond donors (Lipinski definition) is 0. The zero-order valence-electron chi connectivity index (χ0n) is 24.1. The molecule has 0 unspecified atom stereocenters. The van der Waals surface area contributed by atoms with E-state index in [1.807, 2.05) is 31.2 Å². The monoisotopic (exact) mass is 638 g/mol. The van der Waals surface area contributed by atoms with E-state index in [0.717, 1.165) is 42.5 Å². The van der Waals surface area contributed by atoms with Crippen LogP contribution >= 0.6 is 0 Å². The molecule has 2 aromatic heterocycles. The van der Waals surface area contributed by atoms with Crippen molar-refractivity contribution in [1.82, 2.24) is 20.0 Å². The highest BCUT2D eigenvalue weighted by Gasteiger charge is 2.29. The summed E-state index contributed by atoms with van der Waals surface area (Å²) in [5.41, 5.74) is 2.52. The molecule has 0 aliphatic rings. The van der Waals surface area contributed by atoms with Crippen molar-refractivity contribution in [3.63, 3.8) is 0 Å². The highest BCUT2D eigenvalue weighted by atomic mass is 32.2. The second-order valence-electron chi connectivity index (χ2n) is 10.2. The van der Waals surface area contributed by atoms with E-state index in [4.69, 9.17) is 13.3 Å². The van der Waals surface area contributed by atoms with E-state index in [9.17, 15) is 21.6 Å². The van der Waals surface area contributed by atoms with E-state index in [1.54, 1.807) is 29.0 Å². The number of aryl methyl sites for hydroxylation is 3. The van der Waals surface area contributed by atoms with Crippen LogP contribution in [0.5, 0.6) is 11.6 Å². The molecule has 0 amide bonds. The second kappa shape index (κ2) is 13.8. The first-order valence-corrected chi connectivity index (χ1v) is 15.4. The first kappa shape index (κ1) is 31.5.